The fourth-order valence-corrected chi connectivity index (χ4v) is 4.99. The third kappa shape index (κ3) is 5.79. The molecule has 2 aromatic heterocycles. The number of amides is 1. The van der Waals surface area contributed by atoms with Crippen LogP contribution in [0.15, 0.2) is 53.7 Å². The number of rotatable bonds is 9. The monoisotopic (exact) mass is 504 g/mol. The van der Waals surface area contributed by atoms with E-state index in [1.54, 1.807) is 24.7 Å². The number of benzene rings is 1. The molecule has 1 aromatic carbocycles. The van der Waals surface area contributed by atoms with Gasteiger partial charge in [-0.05, 0) is 60.3 Å². The first kappa shape index (κ1) is 26.2. The second-order valence-corrected chi connectivity index (χ2v) is 9.65. The van der Waals surface area contributed by atoms with Gasteiger partial charge in [0.05, 0.1) is 19.1 Å². The molecule has 0 aliphatic carbocycles. The number of fused-ring (bicyclic) bond motifs is 1. The number of ether oxygens (including phenoxy) is 1. The topological polar surface area (TPSA) is 114 Å². The number of nitrogens with zero attached hydrogens (tertiary/aromatic N) is 3. The molecule has 37 heavy (non-hydrogen) atoms. The Labute approximate surface area is 215 Å². The Balaban J connectivity index is 1.67. The number of carboxylic acids is 1. The lowest BCUT2D eigenvalue weighted by molar-refractivity contribution is -0.138. The van der Waals surface area contributed by atoms with E-state index >= 15 is 0 Å². The molecule has 1 amide bonds. The van der Waals surface area contributed by atoms with Crippen molar-refractivity contribution >= 4 is 11.9 Å². The molecule has 9 nitrogen and oxygen atoms in total. The molecule has 0 spiro atoms. The van der Waals surface area contributed by atoms with Gasteiger partial charge >= 0.3 is 5.97 Å². The fourth-order valence-electron chi connectivity index (χ4n) is 4.99. The molecular formula is C28H32N4O5. The van der Waals surface area contributed by atoms with E-state index in [2.05, 4.69) is 15.2 Å². The number of aromatic nitrogens is 2. The number of hydrogen-bond donors (Lipinski definition) is 2. The molecule has 2 atom stereocenters. The summed E-state index contributed by atoms with van der Waals surface area (Å²) >= 11 is 0. The van der Waals surface area contributed by atoms with Gasteiger partial charge in [-0.25, -0.2) is 0 Å². The number of carbonyl (C=O) groups excluding carboxylic acids is 1. The van der Waals surface area contributed by atoms with Crippen LogP contribution in [-0.4, -0.2) is 52.2 Å². The van der Waals surface area contributed by atoms with Crippen molar-refractivity contribution < 1.29 is 19.4 Å². The highest BCUT2D eigenvalue weighted by atomic mass is 16.5. The third-order valence-corrected chi connectivity index (χ3v) is 6.73. The van der Waals surface area contributed by atoms with E-state index in [9.17, 15) is 19.5 Å². The quantitative estimate of drug-likeness (QED) is 0.461. The fraction of sp³-hybridized carbons (Fsp3) is 0.357. The summed E-state index contributed by atoms with van der Waals surface area (Å²) in [4.78, 5) is 44.6. The maximum Gasteiger partial charge on any atom is 0.305 e. The van der Waals surface area contributed by atoms with Crippen molar-refractivity contribution in [3.05, 3.63) is 87.1 Å². The highest BCUT2D eigenvalue weighted by molar-refractivity contribution is 5.82. The van der Waals surface area contributed by atoms with Crippen molar-refractivity contribution in [2.45, 2.75) is 45.4 Å². The zero-order valence-corrected chi connectivity index (χ0v) is 21.5. The van der Waals surface area contributed by atoms with Gasteiger partial charge in [0, 0.05) is 50.4 Å². The standard InChI is InChI=1S/C28H32N4O5/c1-17-6-5-7-18(2)27(17)20-8-19(11-29-12-20)23(10-26(34)35)30-28(36)24(16-37-4)32-15-22-14-31(3)13-21(22)9-25(32)33/h5-9,11-12,15,23-24H,10,13-14,16H2,1-4H3,(H,30,36)(H,34,35)/t23-,24-/m0/s1. The molecule has 0 fully saturated rings. The van der Waals surface area contributed by atoms with Crippen molar-refractivity contribution in [3.63, 3.8) is 0 Å². The minimum Gasteiger partial charge on any atom is -0.481 e. The lowest BCUT2D eigenvalue weighted by atomic mass is 9.94. The molecule has 9 heteroatoms. The summed E-state index contributed by atoms with van der Waals surface area (Å²) < 4.78 is 6.66. The summed E-state index contributed by atoms with van der Waals surface area (Å²) in [5.41, 5.74) is 6.17. The Morgan fingerprint density at radius 1 is 1.14 bits per heavy atom. The Kier molecular flexibility index (Phi) is 7.85. The molecular weight excluding hydrogens is 472 g/mol. The molecule has 194 valence electrons. The minimum atomic E-state index is -1.07. The number of aliphatic carboxylic acids is 1. The van der Waals surface area contributed by atoms with Crippen LogP contribution in [0.1, 0.15) is 46.3 Å². The van der Waals surface area contributed by atoms with Crippen LogP contribution in [0.25, 0.3) is 11.1 Å². The van der Waals surface area contributed by atoms with Crippen LogP contribution in [-0.2, 0) is 27.4 Å². The Hall–Kier alpha value is -3.82. The smallest absolute Gasteiger partial charge is 0.305 e. The predicted molar refractivity (Wildman–Crippen MR) is 139 cm³/mol. The average molecular weight is 505 g/mol. The molecule has 0 saturated heterocycles. The Morgan fingerprint density at radius 3 is 2.51 bits per heavy atom. The first-order valence-corrected chi connectivity index (χ1v) is 12.1. The SMILES string of the molecule is COC[C@@H](C(=O)N[C@@H](CC(=O)O)c1cncc(-c2c(C)cccc2C)c1)n1cc2c(cc1=O)CN(C)C2. The molecule has 4 rings (SSSR count). The zero-order chi connectivity index (χ0) is 26.7. The van der Waals surface area contributed by atoms with Crippen molar-refractivity contribution in [1.29, 1.82) is 0 Å². The summed E-state index contributed by atoms with van der Waals surface area (Å²) in [7, 11) is 3.42. The summed E-state index contributed by atoms with van der Waals surface area (Å²) in [6.45, 7) is 5.33. The summed E-state index contributed by atoms with van der Waals surface area (Å²) in [6.07, 6.45) is 4.66. The van der Waals surface area contributed by atoms with Gasteiger partial charge in [-0.3, -0.25) is 24.3 Å². The van der Waals surface area contributed by atoms with Gasteiger partial charge in [0.1, 0.15) is 6.04 Å². The van der Waals surface area contributed by atoms with Crippen LogP contribution in [0.3, 0.4) is 0 Å². The molecule has 2 N–H and O–H groups in total. The lowest BCUT2D eigenvalue weighted by Crippen LogP contribution is -2.41. The molecule has 0 unspecified atom stereocenters. The van der Waals surface area contributed by atoms with Gasteiger partial charge in [0.2, 0.25) is 5.91 Å². The number of carbonyl (C=O) groups is 2. The Morgan fingerprint density at radius 2 is 1.84 bits per heavy atom. The number of nitrogens with one attached hydrogen (secondary N) is 1. The van der Waals surface area contributed by atoms with E-state index < -0.39 is 24.0 Å². The van der Waals surface area contributed by atoms with E-state index in [4.69, 9.17) is 4.74 Å². The second kappa shape index (κ2) is 11.1. The summed E-state index contributed by atoms with van der Waals surface area (Å²) in [6, 6.07) is 7.60. The van der Waals surface area contributed by atoms with E-state index in [1.807, 2.05) is 45.2 Å². The molecule has 0 saturated carbocycles. The highest BCUT2D eigenvalue weighted by Crippen LogP contribution is 2.29. The number of methoxy groups -OCH3 is 1. The highest BCUT2D eigenvalue weighted by Gasteiger charge is 2.28. The van der Waals surface area contributed by atoms with Gasteiger partial charge in [-0.2, -0.15) is 0 Å². The second-order valence-electron chi connectivity index (χ2n) is 9.65. The van der Waals surface area contributed by atoms with Crippen molar-refractivity contribution in [1.82, 2.24) is 19.8 Å². The first-order valence-electron chi connectivity index (χ1n) is 12.1. The van der Waals surface area contributed by atoms with E-state index in [0.717, 1.165) is 33.4 Å². The van der Waals surface area contributed by atoms with Gasteiger partial charge in [-0.1, -0.05) is 18.2 Å². The van der Waals surface area contributed by atoms with E-state index in [1.165, 1.54) is 11.7 Å². The Bertz CT molecular complexity index is 1360. The van der Waals surface area contributed by atoms with Crippen LogP contribution < -0.4 is 10.9 Å². The molecule has 3 heterocycles. The zero-order valence-electron chi connectivity index (χ0n) is 21.5. The molecule has 0 bridgehead atoms. The maximum absolute atomic E-state index is 13.5. The average Bonchev–Trinajstić information content (AvgIpc) is 3.20. The van der Waals surface area contributed by atoms with Crippen molar-refractivity contribution in [2.75, 3.05) is 20.8 Å². The molecule has 1 aliphatic rings. The van der Waals surface area contributed by atoms with Gasteiger partial charge in [0.25, 0.3) is 5.56 Å². The van der Waals surface area contributed by atoms with Crippen LogP contribution >= 0.6 is 0 Å². The first-order chi connectivity index (χ1) is 17.7. The number of hydrogen-bond acceptors (Lipinski definition) is 6. The minimum absolute atomic E-state index is 0.0408. The number of pyridine rings is 2. The molecule has 0 radical (unpaired) electrons. The van der Waals surface area contributed by atoms with Crippen LogP contribution in [0.5, 0.6) is 0 Å². The predicted octanol–water partition coefficient (Wildman–Crippen LogP) is 2.99. The van der Waals surface area contributed by atoms with E-state index in [0.29, 0.717) is 18.7 Å². The summed E-state index contributed by atoms with van der Waals surface area (Å²) in [5.74, 6) is -1.57. The van der Waals surface area contributed by atoms with Crippen molar-refractivity contribution in [2.24, 2.45) is 0 Å². The third-order valence-electron chi connectivity index (χ3n) is 6.73. The van der Waals surface area contributed by atoms with Crippen LogP contribution in [0, 0.1) is 13.8 Å². The van der Waals surface area contributed by atoms with Crippen LogP contribution in [0.2, 0.25) is 0 Å². The number of aryl methyl sites for hydroxylation is 2. The lowest BCUT2D eigenvalue weighted by Gasteiger charge is -2.24. The van der Waals surface area contributed by atoms with Crippen molar-refractivity contribution in [3.8, 4) is 11.1 Å². The van der Waals surface area contributed by atoms with Gasteiger partial charge < -0.3 is 19.7 Å². The van der Waals surface area contributed by atoms with E-state index in [-0.39, 0.29) is 18.6 Å². The largest absolute Gasteiger partial charge is 0.481 e. The molecule has 3 aromatic rings. The van der Waals surface area contributed by atoms with Gasteiger partial charge in [-0.15, -0.1) is 0 Å². The van der Waals surface area contributed by atoms with Gasteiger partial charge in [0.15, 0.2) is 0 Å². The van der Waals surface area contributed by atoms with Crippen LogP contribution in [0.4, 0.5) is 0 Å². The normalized spacial score (nSPS) is 14.7. The maximum atomic E-state index is 13.5. The molecule has 1 aliphatic heterocycles. The number of carboxylic acid groups (broad SMARTS) is 1. The summed E-state index contributed by atoms with van der Waals surface area (Å²) in [5, 5.41) is 12.5.